The van der Waals surface area contributed by atoms with E-state index in [2.05, 4.69) is 18.2 Å². The van der Waals surface area contributed by atoms with E-state index in [-0.39, 0.29) is 5.41 Å². The molecule has 0 atom stereocenters. The molecular weight excluding hydrogens is 170 g/mol. The molecule has 1 saturated carbocycles. The van der Waals surface area contributed by atoms with Gasteiger partial charge in [0.05, 0.1) is 11.5 Å². The molecular formula is C13H17N. The fraction of sp³-hybridized carbons (Fsp3) is 0.462. The number of rotatable bonds is 3. The van der Waals surface area contributed by atoms with Gasteiger partial charge in [-0.15, -0.1) is 0 Å². The first-order valence-corrected chi connectivity index (χ1v) is 5.16. The van der Waals surface area contributed by atoms with Gasteiger partial charge in [-0.05, 0) is 38.7 Å². The number of nitrogens with zero attached hydrogens (tertiary/aromatic N) is 1. The first-order valence-electron chi connectivity index (χ1n) is 5.16. The van der Waals surface area contributed by atoms with Crippen molar-refractivity contribution in [2.75, 3.05) is 0 Å². The van der Waals surface area contributed by atoms with E-state index < -0.39 is 0 Å². The van der Waals surface area contributed by atoms with Crippen LogP contribution in [0.1, 0.15) is 33.1 Å². The summed E-state index contributed by atoms with van der Waals surface area (Å²) < 4.78 is 0. The number of nitriles is 1. The Bertz CT molecular complexity index is 309. The minimum absolute atomic E-state index is 0.174. The van der Waals surface area contributed by atoms with Gasteiger partial charge in [-0.2, -0.15) is 5.26 Å². The second-order valence-electron chi connectivity index (χ2n) is 3.68. The molecule has 1 nitrogen and oxygen atoms in total. The van der Waals surface area contributed by atoms with Gasteiger partial charge in [-0.25, -0.2) is 0 Å². The van der Waals surface area contributed by atoms with Crippen LogP contribution in [-0.4, -0.2) is 0 Å². The summed E-state index contributed by atoms with van der Waals surface area (Å²) in [7, 11) is 0. The Morgan fingerprint density at radius 2 is 2.00 bits per heavy atom. The highest BCUT2D eigenvalue weighted by atomic mass is 14.4. The fourth-order valence-corrected chi connectivity index (χ4v) is 1.80. The number of allylic oxidation sites excluding steroid dienone is 6. The Hall–Kier alpha value is -1.29. The third-order valence-corrected chi connectivity index (χ3v) is 2.86. The average molecular weight is 187 g/mol. The van der Waals surface area contributed by atoms with Gasteiger partial charge in [0.1, 0.15) is 0 Å². The van der Waals surface area contributed by atoms with Crippen LogP contribution in [0.25, 0.3) is 0 Å². The number of hydrogen-bond acceptors (Lipinski definition) is 1. The second kappa shape index (κ2) is 4.81. The topological polar surface area (TPSA) is 23.8 Å². The van der Waals surface area contributed by atoms with Gasteiger partial charge in [0.2, 0.25) is 0 Å². The van der Waals surface area contributed by atoms with Gasteiger partial charge in [0.25, 0.3) is 0 Å². The molecule has 74 valence electrons. The Balaban J connectivity index is 2.78. The molecule has 0 unspecified atom stereocenters. The van der Waals surface area contributed by atoms with Crippen molar-refractivity contribution < 1.29 is 0 Å². The molecule has 0 bridgehead atoms. The lowest BCUT2D eigenvalue weighted by atomic mass is 9.65. The van der Waals surface area contributed by atoms with Crippen LogP contribution in [-0.2, 0) is 0 Å². The van der Waals surface area contributed by atoms with Gasteiger partial charge in [-0.3, -0.25) is 0 Å². The van der Waals surface area contributed by atoms with Crippen molar-refractivity contribution in [3.63, 3.8) is 0 Å². The Morgan fingerprint density at radius 3 is 2.36 bits per heavy atom. The van der Waals surface area contributed by atoms with Crippen LogP contribution in [0.2, 0.25) is 0 Å². The zero-order valence-corrected chi connectivity index (χ0v) is 8.96. The van der Waals surface area contributed by atoms with Gasteiger partial charge < -0.3 is 0 Å². The predicted molar refractivity (Wildman–Crippen MR) is 59.6 cm³/mol. The molecule has 0 aromatic carbocycles. The van der Waals surface area contributed by atoms with Crippen LogP contribution in [0.4, 0.5) is 0 Å². The zero-order chi connectivity index (χ0) is 10.4. The minimum atomic E-state index is -0.174. The molecule has 0 spiro atoms. The predicted octanol–water partition coefficient (Wildman–Crippen LogP) is 3.76. The molecule has 0 radical (unpaired) electrons. The maximum Gasteiger partial charge on any atom is 0.0819 e. The Labute approximate surface area is 86.4 Å². The van der Waals surface area contributed by atoms with Crippen LogP contribution in [0, 0.1) is 16.7 Å². The Kier molecular flexibility index (Phi) is 3.71. The van der Waals surface area contributed by atoms with Gasteiger partial charge in [-0.1, -0.05) is 30.4 Å². The van der Waals surface area contributed by atoms with Crippen molar-refractivity contribution in [3.05, 3.63) is 36.0 Å². The van der Waals surface area contributed by atoms with Crippen LogP contribution < -0.4 is 0 Å². The first kappa shape index (κ1) is 10.8. The highest BCUT2D eigenvalue weighted by Crippen LogP contribution is 2.46. The fourth-order valence-electron chi connectivity index (χ4n) is 1.80. The highest BCUT2D eigenvalue weighted by molar-refractivity contribution is 5.36. The summed E-state index contributed by atoms with van der Waals surface area (Å²) in [4.78, 5) is 0. The highest BCUT2D eigenvalue weighted by Gasteiger charge is 2.39. The van der Waals surface area contributed by atoms with Crippen LogP contribution in [0.15, 0.2) is 36.0 Å². The molecule has 0 aromatic heterocycles. The summed E-state index contributed by atoms with van der Waals surface area (Å²) >= 11 is 0. The summed E-state index contributed by atoms with van der Waals surface area (Å²) in [5, 5.41) is 9.15. The van der Waals surface area contributed by atoms with E-state index in [1.165, 1.54) is 12.0 Å². The largest absolute Gasteiger partial charge is 0.197 e. The lowest BCUT2D eigenvalue weighted by Crippen LogP contribution is -2.28. The molecule has 1 rings (SSSR count). The quantitative estimate of drug-likeness (QED) is 0.617. The standard InChI is InChI=1S/C13H17N/c1-3-5-6-8-12(4-2)13(11-14)9-7-10-13/h3-6,8H,7,9-10H2,1-2H3/b5-3-,8-6-,12-4+. The SMILES string of the molecule is C\C=C/C=C\C(=C/C)C1(C#N)CCC1. The van der Waals surface area contributed by atoms with E-state index in [0.717, 1.165) is 12.8 Å². The first-order chi connectivity index (χ1) is 6.79. The molecule has 0 saturated heterocycles. The molecule has 0 N–H and O–H groups in total. The van der Waals surface area contributed by atoms with Crippen molar-refractivity contribution in [3.8, 4) is 6.07 Å². The maximum absolute atomic E-state index is 9.15. The molecule has 0 heterocycles. The van der Waals surface area contributed by atoms with Crippen molar-refractivity contribution in [2.45, 2.75) is 33.1 Å². The number of hydrogen-bond donors (Lipinski definition) is 0. The van der Waals surface area contributed by atoms with Crippen molar-refractivity contribution in [1.29, 1.82) is 5.26 Å². The van der Waals surface area contributed by atoms with Crippen molar-refractivity contribution in [1.82, 2.24) is 0 Å². The maximum atomic E-state index is 9.15. The lowest BCUT2D eigenvalue weighted by molar-refractivity contribution is 0.274. The van der Waals surface area contributed by atoms with E-state index in [0.29, 0.717) is 0 Å². The molecule has 1 heteroatoms. The molecule has 1 aliphatic rings. The van der Waals surface area contributed by atoms with Gasteiger partial charge in [0.15, 0.2) is 0 Å². The molecule has 1 fully saturated rings. The van der Waals surface area contributed by atoms with Crippen LogP contribution >= 0.6 is 0 Å². The van der Waals surface area contributed by atoms with Crippen LogP contribution in [0.3, 0.4) is 0 Å². The zero-order valence-electron chi connectivity index (χ0n) is 8.96. The summed E-state index contributed by atoms with van der Waals surface area (Å²) in [6.07, 6.45) is 13.3. The average Bonchev–Trinajstić information content (AvgIpc) is 2.14. The summed E-state index contributed by atoms with van der Waals surface area (Å²) in [5.41, 5.74) is 0.997. The third-order valence-electron chi connectivity index (χ3n) is 2.86. The van der Waals surface area contributed by atoms with E-state index in [4.69, 9.17) is 5.26 Å². The van der Waals surface area contributed by atoms with E-state index in [1.54, 1.807) is 0 Å². The summed E-state index contributed by atoms with van der Waals surface area (Å²) in [5.74, 6) is 0. The van der Waals surface area contributed by atoms with Crippen molar-refractivity contribution >= 4 is 0 Å². The molecule has 0 aromatic rings. The summed E-state index contributed by atoms with van der Waals surface area (Å²) in [6, 6.07) is 2.45. The monoisotopic (exact) mass is 187 g/mol. The summed E-state index contributed by atoms with van der Waals surface area (Å²) in [6.45, 7) is 4.00. The molecule has 14 heavy (non-hydrogen) atoms. The van der Waals surface area contributed by atoms with E-state index in [9.17, 15) is 0 Å². The normalized spacial score (nSPS) is 21.1. The Morgan fingerprint density at radius 1 is 1.29 bits per heavy atom. The van der Waals surface area contributed by atoms with Crippen LogP contribution in [0.5, 0.6) is 0 Å². The van der Waals surface area contributed by atoms with E-state index in [1.807, 2.05) is 32.1 Å². The smallest absolute Gasteiger partial charge is 0.0819 e. The van der Waals surface area contributed by atoms with E-state index >= 15 is 0 Å². The second-order valence-corrected chi connectivity index (χ2v) is 3.68. The van der Waals surface area contributed by atoms with Crippen molar-refractivity contribution in [2.24, 2.45) is 5.41 Å². The third kappa shape index (κ3) is 1.96. The van der Waals surface area contributed by atoms with Gasteiger partial charge in [0, 0.05) is 0 Å². The lowest BCUT2D eigenvalue weighted by Gasteiger charge is -2.36. The minimum Gasteiger partial charge on any atom is -0.197 e. The molecule has 1 aliphatic carbocycles. The molecule has 0 aliphatic heterocycles. The molecule has 0 amide bonds. The van der Waals surface area contributed by atoms with Gasteiger partial charge >= 0.3 is 0 Å².